The van der Waals surface area contributed by atoms with E-state index in [4.69, 9.17) is 16.3 Å². The first-order valence-corrected chi connectivity index (χ1v) is 7.78. The van der Waals surface area contributed by atoms with Gasteiger partial charge >= 0.3 is 6.03 Å². The van der Waals surface area contributed by atoms with E-state index in [2.05, 4.69) is 16.0 Å². The van der Waals surface area contributed by atoms with Gasteiger partial charge in [0.15, 0.2) is 5.75 Å². The standard InChI is InChI=1S/C15H22ClN3O2/c1-2-21-14-12(16)6-3-7-13(14)19-15(20)18-10-8-11-5-4-9-17-11/h3,6-7,11,17H,2,4-5,8-10H2,1H3,(H2,18,19,20)/t11-/m1/s1. The van der Waals surface area contributed by atoms with Crippen LogP contribution in [0.2, 0.25) is 5.02 Å². The van der Waals surface area contributed by atoms with Crippen molar-refractivity contribution in [1.29, 1.82) is 0 Å². The van der Waals surface area contributed by atoms with Crippen molar-refractivity contribution in [3.8, 4) is 5.75 Å². The molecule has 0 saturated carbocycles. The van der Waals surface area contributed by atoms with Crippen molar-refractivity contribution in [2.24, 2.45) is 0 Å². The van der Waals surface area contributed by atoms with Gasteiger partial charge in [0.25, 0.3) is 0 Å². The van der Waals surface area contributed by atoms with Crippen LogP contribution in [0.3, 0.4) is 0 Å². The maximum Gasteiger partial charge on any atom is 0.319 e. The number of amides is 2. The van der Waals surface area contributed by atoms with Gasteiger partial charge in [0.05, 0.1) is 17.3 Å². The minimum atomic E-state index is -0.240. The third-order valence-electron chi connectivity index (χ3n) is 3.44. The van der Waals surface area contributed by atoms with Crippen LogP contribution in [0.15, 0.2) is 18.2 Å². The normalized spacial score (nSPS) is 17.5. The van der Waals surface area contributed by atoms with Gasteiger partial charge in [0.1, 0.15) is 0 Å². The van der Waals surface area contributed by atoms with Crippen molar-refractivity contribution >= 4 is 23.3 Å². The van der Waals surface area contributed by atoms with Crippen LogP contribution in [0.4, 0.5) is 10.5 Å². The number of hydrogen-bond donors (Lipinski definition) is 3. The molecule has 1 aliphatic rings. The number of benzene rings is 1. The van der Waals surface area contributed by atoms with Crippen LogP contribution < -0.4 is 20.7 Å². The van der Waals surface area contributed by atoms with Crippen LogP contribution in [0.5, 0.6) is 5.75 Å². The number of anilines is 1. The van der Waals surface area contributed by atoms with E-state index in [0.29, 0.717) is 35.7 Å². The fourth-order valence-corrected chi connectivity index (χ4v) is 2.66. The summed E-state index contributed by atoms with van der Waals surface area (Å²) < 4.78 is 5.47. The second-order valence-electron chi connectivity index (χ2n) is 5.01. The molecule has 0 aromatic heterocycles. The minimum Gasteiger partial charge on any atom is -0.490 e. The number of rotatable bonds is 6. The second-order valence-corrected chi connectivity index (χ2v) is 5.42. The summed E-state index contributed by atoms with van der Waals surface area (Å²) in [5, 5.41) is 9.53. The first-order valence-electron chi connectivity index (χ1n) is 7.40. The predicted molar refractivity (Wildman–Crippen MR) is 85.3 cm³/mol. The monoisotopic (exact) mass is 311 g/mol. The number of halogens is 1. The zero-order chi connectivity index (χ0) is 15.1. The van der Waals surface area contributed by atoms with E-state index in [1.165, 1.54) is 12.8 Å². The highest BCUT2D eigenvalue weighted by Crippen LogP contribution is 2.32. The van der Waals surface area contributed by atoms with Crippen molar-refractivity contribution in [2.45, 2.75) is 32.2 Å². The summed E-state index contributed by atoms with van der Waals surface area (Å²) in [6.45, 7) is 4.10. The van der Waals surface area contributed by atoms with E-state index in [1.54, 1.807) is 18.2 Å². The lowest BCUT2D eigenvalue weighted by Gasteiger charge is -2.14. The van der Waals surface area contributed by atoms with E-state index in [-0.39, 0.29) is 6.03 Å². The van der Waals surface area contributed by atoms with E-state index < -0.39 is 0 Å². The molecule has 21 heavy (non-hydrogen) atoms. The lowest BCUT2D eigenvalue weighted by Crippen LogP contribution is -2.33. The average molecular weight is 312 g/mol. The quantitative estimate of drug-likeness (QED) is 0.757. The lowest BCUT2D eigenvalue weighted by atomic mass is 10.1. The third-order valence-corrected chi connectivity index (χ3v) is 3.74. The van der Waals surface area contributed by atoms with Crippen molar-refractivity contribution in [2.75, 3.05) is 25.0 Å². The molecule has 2 rings (SSSR count). The van der Waals surface area contributed by atoms with Crippen LogP contribution in [0, 0.1) is 0 Å². The van der Waals surface area contributed by atoms with Gasteiger partial charge in [-0.1, -0.05) is 17.7 Å². The van der Waals surface area contributed by atoms with Gasteiger partial charge in [-0.25, -0.2) is 4.79 Å². The Balaban J connectivity index is 1.82. The lowest BCUT2D eigenvalue weighted by molar-refractivity contribution is 0.251. The van der Waals surface area contributed by atoms with Crippen LogP contribution in [0.1, 0.15) is 26.2 Å². The Labute approximate surface area is 130 Å². The van der Waals surface area contributed by atoms with E-state index in [9.17, 15) is 4.79 Å². The van der Waals surface area contributed by atoms with Gasteiger partial charge in [-0.3, -0.25) is 0 Å². The van der Waals surface area contributed by atoms with Crippen molar-refractivity contribution in [1.82, 2.24) is 10.6 Å². The summed E-state index contributed by atoms with van der Waals surface area (Å²) in [5.74, 6) is 0.509. The van der Waals surface area contributed by atoms with Gasteiger partial charge in [-0.05, 0) is 44.9 Å². The Morgan fingerprint density at radius 2 is 2.38 bits per heavy atom. The van der Waals surface area contributed by atoms with Crippen LogP contribution in [-0.2, 0) is 0 Å². The number of carbonyl (C=O) groups is 1. The van der Waals surface area contributed by atoms with Crippen molar-refractivity contribution in [3.63, 3.8) is 0 Å². The fourth-order valence-electron chi connectivity index (χ4n) is 2.43. The Kier molecular flexibility index (Phi) is 6.14. The van der Waals surface area contributed by atoms with Gasteiger partial charge in [0, 0.05) is 12.6 Å². The molecular formula is C15H22ClN3O2. The Bertz CT molecular complexity index is 476. The SMILES string of the molecule is CCOc1c(Cl)cccc1NC(=O)NCC[C@H]1CCCN1. The molecule has 1 atom stereocenters. The van der Waals surface area contributed by atoms with Crippen LogP contribution in [-0.4, -0.2) is 31.8 Å². The maximum absolute atomic E-state index is 11.9. The zero-order valence-electron chi connectivity index (χ0n) is 12.2. The van der Waals surface area contributed by atoms with Crippen LogP contribution in [0.25, 0.3) is 0 Å². The molecule has 1 fully saturated rings. The fraction of sp³-hybridized carbons (Fsp3) is 0.533. The van der Waals surface area contributed by atoms with E-state index >= 15 is 0 Å². The molecule has 2 amide bonds. The van der Waals surface area contributed by atoms with Gasteiger partial charge in [0.2, 0.25) is 0 Å². The zero-order valence-corrected chi connectivity index (χ0v) is 13.0. The molecule has 116 valence electrons. The summed E-state index contributed by atoms with van der Waals surface area (Å²) in [5.41, 5.74) is 0.584. The summed E-state index contributed by atoms with van der Waals surface area (Å²) in [6.07, 6.45) is 3.35. The first-order chi connectivity index (χ1) is 10.2. The molecular weight excluding hydrogens is 290 g/mol. The van der Waals surface area contributed by atoms with Crippen molar-refractivity contribution in [3.05, 3.63) is 23.2 Å². The molecule has 1 aromatic rings. The first kappa shape index (κ1) is 15.9. The second kappa shape index (κ2) is 8.10. The third kappa shape index (κ3) is 4.79. The summed E-state index contributed by atoms with van der Waals surface area (Å²) in [4.78, 5) is 11.9. The van der Waals surface area contributed by atoms with Gasteiger partial charge < -0.3 is 20.7 Å². The minimum absolute atomic E-state index is 0.240. The largest absolute Gasteiger partial charge is 0.490 e. The summed E-state index contributed by atoms with van der Waals surface area (Å²) in [6, 6.07) is 5.57. The molecule has 1 saturated heterocycles. The number of ether oxygens (including phenoxy) is 1. The Morgan fingerprint density at radius 3 is 3.10 bits per heavy atom. The predicted octanol–water partition coefficient (Wildman–Crippen LogP) is 3.00. The number of nitrogens with one attached hydrogen (secondary N) is 3. The molecule has 6 heteroatoms. The molecule has 1 heterocycles. The Hall–Kier alpha value is -1.46. The van der Waals surface area contributed by atoms with Crippen LogP contribution >= 0.6 is 11.6 Å². The van der Waals surface area contributed by atoms with E-state index in [1.807, 2.05) is 6.92 Å². The number of para-hydroxylation sites is 1. The number of carbonyl (C=O) groups excluding carboxylic acids is 1. The summed E-state index contributed by atoms with van der Waals surface area (Å²) in [7, 11) is 0. The highest BCUT2D eigenvalue weighted by molar-refractivity contribution is 6.32. The van der Waals surface area contributed by atoms with E-state index in [0.717, 1.165) is 13.0 Å². The van der Waals surface area contributed by atoms with Gasteiger partial charge in [-0.2, -0.15) is 0 Å². The summed E-state index contributed by atoms with van der Waals surface area (Å²) >= 11 is 6.08. The molecule has 0 bridgehead atoms. The molecule has 0 radical (unpaired) electrons. The molecule has 0 unspecified atom stereocenters. The average Bonchev–Trinajstić information content (AvgIpc) is 2.96. The molecule has 0 aliphatic carbocycles. The van der Waals surface area contributed by atoms with Gasteiger partial charge in [-0.15, -0.1) is 0 Å². The molecule has 1 aliphatic heterocycles. The topological polar surface area (TPSA) is 62.4 Å². The Morgan fingerprint density at radius 1 is 1.52 bits per heavy atom. The highest BCUT2D eigenvalue weighted by atomic mass is 35.5. The smallest absolute Gasteiger partial charge is 0.319 e. The molecule has 1 aromatic carbocycles. The number of urea groups is 1. The molecule has 0 spiro atoms. The highest BCUT2D eigenvalue weighted by Gasteiger charge is 2.14. The van der Waals surface area contributed by atoms with Crippen molar-refractivity contribution < 1.29 is 9.53 Å². The molecule has 3 N–H and O–H groups in total. The maximum atomic E-state index is 11.9. The molecule has 5 nitrogen and oxygen atoms in total. The number of hydrogen-bond acceptors (Lipinski definition) is 3.